The predicted octanol–water partition coefficient (Wildman–Crippen LogP) is 15.6. The summed E-state index contributed by atoms with van der Waals surface area (Å²) in [6.07, 6.45) is 0. The van der Waals surface area contributed by atoms with Crippen LogP contribution in [0.1, 0.15) is 0 Å². The van der Waals surface area contributed by atoms with Crippen molar-refractivity contribution in [2.45, 2.75) is 0 Å². The lowest BCUT2D eigenvalue weighted by Crippen LogP contribution is -2.10. The second kappa shape index (κ2) is 12.9. The van der Waals surface area contributed by atoms with Crippen LogP contribution in [-0.2, 0) is 0 Å². The van der Waals surface area contributed by atoms with E-state index in [4.69, 9.17) is 4.42 Å². The van der Waals surface area contributed by atoms with E-state index in [2.05, 4.69) is 193 Å². The Kier molecular flexibility index (Phi) is 7.39. The average Bonchev–Trinajstić information content (AvgIpc) is 3.83. The lowest BCUT2D eigenvalue weighted by atomic mass is 9.95. The predicted molar refractivity (Wildman–Crippen MR) is 235 cm³/mol. The van der Waals surface area contributed by atoms with Crippen molar-refractivity contribution in [3.05, 3.63) is 200 Å². The number of anilines is 3. The molecule has 0 saturated heterocycles. The molecule has 0 aliphatic rings. The molecular weight excluding hydrogens is 687 g/mol. The van der Waals surface area contributed by atoms with Gasteiger partial charge in [-0.25, -0.2) is 0 Å². The minimum atomic E-state index is 0.909. The second-order valence-electron chi connectivity index (χ2n) is 14.1. The van der Waals surface area contributed by atoms with Crippen LogP contribution in [0.4, 0.5) is 17.1 Å². The van der Waals surface area contributed by atoms with E-state index in [1.165, 1.54) is 53.2 Å². The molecule has 0 saturated carbocycles. The highest BCUT2D eigenvalue weighted by molar-refractivity contribution is 7.26. The van der Waals surface area contributed by atoms with Crippen molar-refractivity contribution >= 4 is 81.3 Å². The van der Waals surface area contributed by atoms with Crippen LogP contribution in [0.3, 0.4) is 0 Å². The quantitative estimate of drug-likeness (QED) is 0.170. The fraction of sp³-hybridized carbons (Fsp3) is 0. The molecule has 0 unspecified atom stereocenters. The number of hydrogen-bond donors (Lipinski definition) is 0. The number of benzene rings is 9. The Bertz CT molecular complexity index is 3220. The Hall–Kier alpha value is -6.94. The lowest BCUT2D eigenvalue weighted by molar-refractivity contribution is 0.670. The topological polar surface area (TPSA) is 16.4 Å². The summed E-state index contributed by atoms with van der Waals surface area (Å²) in [7, 11) is 0. The van der Waals surface area contributed by atoms with Gasteiger partial charge in [-0.3, -0.25) is 0 Å². The van der Waals surface area contributed by atoms with Crippen LogP contribution in [0.2, 0.25) is 0 Å². The average molecular weight is 720 g/mol. The van der Waals surface area contributed by atoms with Crippen LogP contribution < -0.4 is 4.90 Å². The van der Waals surface area contributed by atoms with Gasteiger partial charge in [0, 0.05) is 47.9 Å². The molecule has 9 aromatic carbocycles. The second-order valence-corrected chi connectivity index (χ2v) is 15.2. The highest BCUT2D eigenvalue weighted by Gasteiger charge is 2.20. The molecular formula is C52H33NOS. The minimum Gasteiger partial charge on any atom is -0.455 e. The van der Waals surface area contributed by atoms with Gasteiger partial charge in [-0.2, -0.15) is 0 Å². The number of rotatable bonds is 6. The molecule has 0 aliphatic carbocycles. The zero-order valence-electron chi connectivity index (χ0n) is 29.8. The Morgan fingerprint density at radius 2 is 1.02 bits per heavy atom. The van der Waals surface area contributed by atoms with Crippen molar-refractivity contribution in [1.82, 2.24) is 0 Å². The summed E-state index contributed by atoms with van der Waals surface area (Å²) in [5.41, 5.74) is 12.2. The third-order valence-electron chi connectivity index (χ3n) is 10.9. The Morgan fingerprint density at radius 1 is 0.382 bits per heavy atom. The fourth-order valence-corrected chi connectivity index (χ4v) is 9.43. The lowest BCUT2D eigenvalue weighted by Gasteiger charge is -2.27. The molecule has 0 bridgehead atoms. The monoisotopic (exact) mass is 719 g/mol. The highest BCUT2D eigenvalue weighted by Crippen LogP contribution is 2.46. The van der Waals surface area contributed by atoms with Gasteiger partial charge in [0.15, 0.2) is 0 Å². The normalized spacial score (nSPS) is 11.6. The van der Waals surface area contributed by atoms with Gasteiger partial charge >= 0.3 is 0 Å². The van der Waals surface area contributed by atoms with Crippen molar-refractivity contribution in [1.29, 1.82) is 0 Å². The summed E-state index contributed by atoms with van der Waals surface area (Å²) in [4.78, 5) is 2.42. The first-order chi connectivity index (χ1) is 27.3. The molecule has 2 heterocycles. The van der Waals surface area contributed by atoms with Crippen LogP contribution in [0.25, 0.3) is 86.3 Å². The molecule has 0 atom stereocenters. The van der Waals surface area contributed by atoms with Crippen LogP contribution in [0, 0.1) is 0 Å². The zero-order chi connectivity index (χ0) is 36.3. The van der Waals surface area contributed by atoms with Gasteiger partial charge < -0.3 is 9.32 Å². The van der Waals surface area contributed by atoms with Gasteiger partial charge in [0.05, 0.1) is 5.69 Å². The number of hydrogen-bond acceptors (Lipinski definition) is 3. The van der Waals surface area contributed by atoms with Crippen LogP contribution in [0.5, 0.6) is 0 Å². The van der Waals surface area contributed by atoms with E-state index in [0.717, 1.165) is 50.1 Å². The van der Waals surface area contributed by atoms with Crippen molar-refractivity contribution < 1.29 is 4.42 Å². The Labute approximate surface area is 322 Å². The smallest absolute Gasteiger partial charge is 0.143 e. The molecule has 2 nitrogen and oxygen atoms in total. The van der Waals surface area contributed by atoms with E-state index in [0.29, 0.717) is 0 Å². The van der Waals surface area contributed by atoms with Crippen molar-refractivity contribution in [3.63, 3.8) is 0 Å². The molecule has 3 heteroatoms. The number of thiophene rings is 1. The van der Waals surface area contributed by atoms with E-state index in [-0.39, 0.29) is 0 Å². The molecule has 11 aromatic rings. The maximum absolute atomic E-state index is 6.44. The van der Waals surface area contributed by atoms with Gasteiger partial charge in [-0.05, 0) is 93.2 Å². The molecule has 0 N–H and O–H groups in total. The maximum atomic E-state index is 6.44. The maximum Gasteiger partial charge on any atom is 0.143 e. The van der Waals surface area contributed by atoms with E-state index in [1.54, 1.807) is 0 Å². The number of nitrogens with zero attached hydrogens (tertiary/aromatic N) is 1. The van der Waals surface area contributed by atoms with Gasteiger partial charge in [-0.15, -0.1) is 11.3 Å². The summed E-state index contributed by atoms with van der Waals surface area (Å²) < 4.78 is 9.00. The summed E-state index contributed by atoms with van der Waals surface area (Å²) in [6, 6.07) is 72.2. The summed E-state index contributed by atoms with van der Waals surface area (Å²) in [5.74, 6) is 0. The Balaban J connectivity index is 1.06. The molecule has 2 aromatic heterocycles. The van der Waals surface area contributed by atoms with Crippen molar-refractivity contribution in [2.75, 3.05) is 4.90 Å². The van der Waals surface area contributed by atoms with Gasteiger partial charge in [-0.1, -0.05) is 146 Å². The molecule has 11 rings (SSSR count). The van der Waals surface area contributed by atoms with Crippen molar-refractivity contribution in [2.24, 2.45) is 0 Å². The Morgan fingerprint density at radius 3 is 1.93 bits per heavy atom. The first-order valence-corrected chi connectivity index (χ1v) is 19.5. The third-order valence-corrected chi connectivity index (χ3v) is 12.0. The van der Waals surface area contributed by atoms with Crippen LogP contribution >= 0.6 is 11.3 Å². The molecule has 0 aliphatic heterocycles. The fourth-order valence-electron chi connectivity index (χ4n) is 8.30. The number of para-hydroxylation sites is 2. The molecule has 0 amide bonds. The van der Waals surface area contributed by atoms with Crippen LogP contribution in [-0.4, -0.2) is 0 Å². The highest BCUT2D eigenvalue weighted by atomic mass is 32.1. The molecule has 0 radical (unpaired) electrons. The van der Waals surface area contributed by atoms with E-state index in [9.17, 15) is 0 Å². The zero-order valence-corrected chi connectivity index (χ0v) is 30.6. The summed E-state index contributed by atoms with van der Waals surface area (Å²) in [6.45, 7) is 0. The summed E-state index contributed by atoms with van der Waals surface area (Å²) >= 11 is 1.85. The van der Waals surface area contributed by atoms with Gasteiger partial charge in [0.25, 0.3) is 0 Å². The van der Waals surface area contributed by atoms with Gasteiger partial charge in [0.2, 0.25) is 0 Å². The van der Waals surface area contributed by atoms with E-state index in [1.807, 2.05) is 23.5 Å². The van der Waals surface area contributed by atoms with Crippen molar-refractivity contribution in [3.8, 4) is 33.4 Å². The first-order valence-electron chi connectivity index (χ1n) is 18.7. The van der Waals surface area contributed by atoms with E-state index < -0.39 is 0 Å². The van der Waals surface area contributed by atoms with Gasteiger partial charge in [0.1, 0.15) is 11.2 Å². The van der Waals surface area contributed by atoms with Crippen LogP contribution in [0.15, 0.2) is 205 Å². The third kappa shape index (κ3) is 5.32. The minimum absolute atomic E-state index is 0.909. The summed E-state index contributed by atoms with van der Waals surface area (Å²) in [5, 5.41) is 7.33. The molecule has 0 fully saturated rings. The molecule has 258 valence electrons. The SMILES string of the molecule is c1cc(-c2cccc(N(c3ccc(-c4cccc5c4oc4ccccc45)cc3)c3cccc4sc5ccccc5c34)c2)cc(-c2cccc3ccccc23)c1. The molecule has 55 heavy (non-hydrogen) atoms. The first kappa shape index (κ1) is 31.6. The molecule has 0 spiro atoms. The standard InChI is InChI=1S/C52H33NOS/c1-2-18-41-34(12-1)13-9-21-42(41)38-16-7-14-36(32-38)37-15-8-17-40(33-37)53(47-24-11-27-50-51(47)46-20-4-6-26-49(46)55-50)39-30-28-35(29-31-39)43-22-10-23-45-44-19-3-5-25-48(44)54-52(43)45/h1-33H. The largest absolute Gasteiger partial charge is 0.455 e. The number of fused-ring (bicyclic) bond motifs is 7. The number of furan rings is 1. The van der Waals surface area contributed by atoms with E-state index >= 15 is 0 Å².